The molecule has 2 aromatic rings. The van der Waals surface area contributed by atoms with Crippen LogP contribution in [0.4, 0.5) is 0 Å². The SMILES string of the molecule is CCOc1cc(CC(C(=O)O)c2cccs2)ccc1OCCCN(C)C. The predicted octanol–water partition coefficient (Wildman–Crippen LogP) is 3.89. The highest BCUT2D eigenvalue weighted by molar-refractivity contribution is 7.10. The van der Waals surface area contributed by atoms with Crippen LogP contribution in [-0.4, -0.2) is 49.8 Å². The molecular formula is C20H27NO4S. The molecule has 26 heavy (non-hydrogen) atoms. The summed E-state index contributed by atoms with van der Waals surface area (Å²) in [4.78, 5) is 14.6. The molecule has 0 aliphatic rings. The van der Waals surface area contributed by atoms with E-state index in [1.165, 1.54) is 11.3 Å². The summed E-state index contributed by atoms with van der Waals surface area (Å²) >= 11 is 1.47. The van der Waals surface area contributed by atoms with Gasteiger partial charge in [0.1, 0.15) is 0 Å². The van der Waals surface area contributed by atoms with Gasteiger partial charge in [-0.25, -0.2) is 0 Å². The van der Waals surface area contributed by atoms with Crippen LogP contribution in [-0.2, 0) is 11.2 Å². The molecule has 142 valence electrons. The monoisotopic (exact) mass is 377 g/mol. The molecule has 1 atom stereocenters. The molecule has 0 saturated heterocycles. The van der Waals surface area contributed by atoms with Crippen molar-refractivity contribution in [2.24, 2.45) is 0 Å². The molecule has 0 bridgehead atoms. The normalized spacial score (nSPS) is 12.2. The molecular weight excluding hydrogens is 350 g/mol. The molecule has 5 nitrogen and oxygen atoms in total. The van der Waals surface area contributed by atoms with Crippen LogP contribution in [0.5, 0.6) is 11.5 Å². The number of hydrogen-bond acceptors (Lipinski definition) is 5. The van der Waals surface area contributed by atoms with E-state index in [-0.39, 0.29) is 0 Å². The summed E-state index contributed by atoms with van der Waals surface area (Å²) in [6.45, 7) is 4.03. The first kappa shape index (κ1) is 20.3. The Morgan fingerprint density at radius 2 is 2.04 bits per heavy atom. The highest BCUT2D eigenvalue weighted by Crippen LogP contribution is 2.32. The van der Waals surface area contributed by atoms with Gasteiger partial charge >= 0.3 is 5.97 Å². The average Bonchev–Trinajstić information content (AvgIpc) is 3.12. The molecule has 0 saturated carbocycles. The lowest BCUT2D eigenvalue weighted by atomic mass is 9.97. The fourth-order valence-corrected chi connectivity index (χ4v) is 3.48. The Morgan fingerprint density at radius 1 is 1.23 bits per heavy atom. The first-order valence-electron chi connectivity index (χ1n) is 8.80. The summed E-state index contributed by atoms with van der Waals surface area (Å²) in [6, 6.07) is 9.45. The number of thiophene rings is 1. The third kappa shape index (κ3) is 6.04. The predicted molar refractivity (Wildman–Crippen MR) is 105 cm³/mol. The van der Waals surface area contributed by atoms with E-state index in [0.29, 0.717) is 31.1 Å². The van der Waals surface area contributed by atoms with Crippen LogP contribution in [0.3, 0.4) is 0 Å². The van der Waals surface area contributed by atoms with E-state index < -0.39 is 11.9 Å². The number of hydrogen-bond donors (Lipinski definition) is 1. The van der Waals surface area contributed by atoms with E-state index >= 15 is 0 Å². The van der Waals surface area contributed by atoms with Gasteiger partial charge in [0.05, 0.1) is 19.1 Å². The Bertz CT molecular complexity index is 685. The summed E-state index contributed by atoms with van der Waals surface area (Å²) in [5, 5.41) is 11.5. The number of rotatable bonds is 11. The number of carbonyl (C=O) groups is 1. The second-order valence-corrected chi connectivity index (χ2v) is 7.31. The van der Waals surface area contributed by atoms with Gasteiger partial charge in [-0.2, -0.15) is 0 Å². The Balaban J connectivity index is 2.09. The molecule has 0 spiro atoms. The van der Waals surface area contributed by atoms with Gasteiger partial charge in [-0.3, -0.25) is 4.79 Å². The molecule has 1 aromatic carbocycles. The van der Waals surface area contributed by atoms with Gasteiger partial charge in [0.2, 0.25) is 0 Å². The standard InChI is InChI=1S/C20H27NO4S/c1-4-24-18-14-15(8-9-17(18)25-11-6-10-21(2)3)13-16(20(22)23)19-7-5-12-26-19/h5,7-9,12,14,16H,4,6,10-11,13H2,1-3H3,(H,22,23). The largest absolute Gasteiger partial charge is 0.490 e. The Kier molecular flexibility index (Phi) is 7.94. The molecule has 0 aliphatic carbocycles. The van der Waals surface area contributed by atoms with Crippen LogP contribution in [0.1, 0.15) is 29.7 Å². The zero-order valence-corrected chi connectivity index (χ0v) is 16.4. The quantitative estimate of drug-likeness (QED) is 0.602. The van der Waals surface area contributed by atoms with Gasteiger partial charge in [0, 0.05) is 11.4 Å². The van der Waals surface area contributed by atoms with Crippen LogP contribution in [0, 0.1) is 0 Å². The lowest BCUT2D eigenvalue weighted by molar-refractivity contribution is -0.138. The summed E-state index contributed by atoms with van der Waals surface area (Å²) in [5.41, 5.74) is 0.926. The molecule has 1 N–H and O–H groups in total. The van der Waals surface area contributed by atoms with Crippen LogP contribution >= 0.6 is 11.3 Å². The van der Waals surface area contributed by atoms with Crippen molar-refractivity contribution < 1.29 is 19.4 Å². The second-order valence-electron chi connectivity index (χ2n) is 6.33. The number of nitrogens with zero attached hydrogens (tertiary/aromatic N) is 1. The van der Waals surface area contributed by atoms with Crippen molar-refractivity contribution in [2.75, 3.05) is 33.9 Å². The maximum absolute atomic E-state index is 11.7. The van der Waals surface area contributed by atoms with Crippen molar-refractivity contribution >= 4 is 17.3 Å². The number of benzene rings is 1. The second kappa shape index (κ2) is 10.2. The smallest absolute Gasteiger partial charge is 0.312 e. The summed E-state index contributed by atoms with van der Waals surface area (Å²) in [5.74, 6) is 0.0216. The number of carboxylic acid groups (broad SMARTS) is 1. The maximum Gasteiger partial charge on any atom is 0.312 e. The number of ether oxygens (including phenoxy) is 2. The first-order valence-corrected chi connectivity index (χ1v) is 9.68. The van der Waals surface area contributed by atoms with Gasteiger partial charge < -0.3 is 19.5 Å². The van der Waals surface area contributed by atoms with Crippen molar-refractivity contribution in [1.82, 2.24) is 4.90 Å². The lowest BCUT2D eigenvalue weighted by Crippen LogP contribution is -2.16. The van der Waals surface area contributed by atoms with E-state index in [1.54, 1.807) is 0 Å². The van der Waals surface area contributed by atoms with Gasteiger partial charge in [-0.05, 0) is 63.0 Å². The molecule has 0 aliphatic heterocycles. The van der Waals surface area contributed by atoms with Crippen molar-refractivity contribution in [3.05, 3.63) is 46.2 Å². The summed E-state index contributed by atoms with van der Waals surface area (Å²) < 4.78 is 11.6. The van der Waals surface area contributed by atoms with Gasteiger partial charge in [-0.15, -0.1) is 11.3 Å². The van der Waals surface area contributed by atoms with Crippen molar-refractivity contribution in [2.45, 2.75) is 25.7 Å². The van der Waals surface area contributed by atoms with E-state index in [1.807, 2.05) is 56.7 Å². The molecule has 6 heteroatoms. The zero-order chi connectivity index (χ0) is 18.9. The van der Waals surface area contributed by atoms with Crippen LogP contribution in [0.2, 0.25) is 0 Å². The molecule has 1 aromatic heterocycles. The molecule has 0 amide bonds. The van der Waals surface area contributed by atoms with Crippen LogP contribution < -0.4 is 9.47 Å². The fourth-order valence-electron chi connectivity index (χ4n) is 2.66. The van der Waals surface area contributed by atoms with Gasteiger partial charge in [0.25, 0.3) is 0 Å². The lowest BCUT2D eigenvalue weighted by Gasteiger charge is -2.16. The van der Waals surface area contributed by atoms with E-state index in [0.717, 1.165) is 23.4 Å². The number of aliphatic carboxylic acids is 1. The summed E-state index contributed by atoms with van der Waals surface area (Å²) in [7, 11) is 4.07. The average molecular weight is 378 g/mol. The minimum absolute atomic E-state index is 0.427. The minimum atomic E-state index is -0.811. The van der Waals surface area contributed by atoms with E-state index in [2.05, 4.69) is 4.90 Å². The highest BCUT2D eigenvalue weighted by Gasteiger charge is 2.22. The zero-order valence-electron chi connectivity index (χ0n) is 15.6. The fraction of sp³-hybridized carbons (Fsp3) is 0.450. The molecule has 1 heterocycles. The number of carboxylic acids is 1. The first-order chi connectivity index (χ1) is 12.5. The van der Waals surface area contributed by atoms with Gasteiger partial charge in [0.15, 0.2) is 11.5 Å². The highest BCUT2D eigenvalue weighted by atomic mass is 32.1. The third-order valence-corrected chi connectivity index (χ3v) is 4.93. The maximum atomic E-state index is 11.7. The summed E-state index contributed by atoms with van der Waals surface area (Å²) in [6.07, 6.45) is 1.36. The van der Waals surface area contributed by atoms with Gasteiger partial charge in [-0.1, -0.05) is 12.1 Å². The van der Waals surface area contributed by atoms with Crippen molar-refractivity contribution in [3.63, 3.8) is 0 Å². The molecule has 1 unspecified atom stereocenters. The Labute approximate surface area is 159 Å². The topological polar surface area (TPSA) is 59.0 Å². The molecule has 0 radical (unpaired) electrons. The van der Waals surface area contributed by atoms with Crippen LogP contribution in [0.25, 0.3) is 0 Å². The molecule has 2 rings (SSSR count). The Morgan fingerprint density at radius 3 is 2.65 bits per heavy atom. The van der Waals surface area contributed by atoms with Crippen molar-refractivity contribution in [3.8, 4) is 11.5 Å². The van der Waals surface area contributed by atoms with E-state index in [9.17, 15) is 9.90 Å². The third-order valence-electron chi connectivity index (χ3n) is 3.94. The van der Waals surface area contributed by atoms with Crippen LogP contribution in [0.15, 0.2) is 35.7 Å². The minimum Gasteiger partial charge on any atom is -0.490 e. The van der Waals surface area contributed by atoms with Crippen molar-refractivity contribution in [1.29, 1.82) is 0 Å². The van der Waals surface area contributed by atoms with E-state index in [4.69, 9.17) is 9.47 Å². The molecule has 0 fully saturated rings. The Hall–Kier alpha value is -2.05.